The third-order valence-corrected chi connectivity index (χ3v) is 2.51. The summed E-state index contributed by atoms with van der Waals surface area (Å²) in [6.45, 7) is 6.17. The SMILES string of the molecule is CC(C)=Nc1ccc2ccccc2c1C. The molecule has 0 fully saturated rings. The quantitative estimate of drug-likeness (QED) is 0.606. The van der Waals surface area contributed by atoms with Gasteiger partial charge in [-0.2, -0.15) is 0 Å². The maximum Gasteiger partial charge on any atom is 0.0664 e. The van der Waals surface area contributed by atoms with E-state index in [1.807, 2.05) is 13.8 Å². The number of fused-ring (bicyclic) bond motifs is 1. The van der Waals surface area contributed by atoms with Crippen LogP contribution in [0.25, 0.3) is 10.8 Å². The van der Waals surface area contributed by atoms with E-state index in [4.69, 9.17) is 0 Å². The molecule has 0 heterocycles. The number of aryl methyl sites for hydroxylation is 1. The highest BCUT2D eigenvalue weighted by Gasteiger charge is 2.01. The maximum atomic E-state index is 4.53. The monoisotopic (exact) mass is 197 g/mol. The van der Waals surface area contributed by atoms with Gasteiger partial charge in [0.05, 0.1) is 5.69 Å². The van der Waals surface area contributed by atoms with Gasteiger partial charge in [0.2, 0.25) is 0 Å². The molecule has 2 aromatic rings. The molecule has 0 radical (unpaired) electrons. The number of aliphatic imine (C=N–C) groups is 1. The molecule has 0 bridgehead atoms. The van der Waals surface area contributed by atoms with E-state index in [1.165, 1.54) is 16.3 Å². The van der Waals surface area contributed by atoms with Crippen LogP contribution in [-0.4, -0.2) is 5.71 Å². The van der Waals surface area contributed by atoms with Crippen LogP contribution < -0.4 is 0 Å². The fraction of sp³-hybridized carbons (Fsp3) is 0.214. The lowest BCUT2D eigenvalue weighted by molar-refractivity contribution is 1.41. The molecular weight excluding hydrogens is 182 g/mol. The Morgan fingerprint density at radius 2 is 1.73 bits per heavy atom. The van der Waals surface area contributed by atoms with Gasteiger partial charge in [0.1, 0.15) is 0 Å². The molecule has 0 amide bonds. The van der Waals surface area contributed by atoms with Crippen molar-refractivity contribution in [3.63, 3.8) is 0 Å². The first-order chi connectivity index (χ1) is 7.18. The van der Waals surface area contributed by atoms with Crippen LogP contribution in [0.15, 0.2) is 41.4 Å². The maximum absolute atomic E-state index is 4.53. The van der Waals surface area contributed by atoms with Crippen molar-refractivity contribution in [1.29, 1.82) is 0 Å². The largest absolute Gasteiger partial charge is 0.258 e. The lowest BCUT2D eigenvalue weighted by Gasteiger charge is -2.05. The summed E-state index contributed by atoms with van der Waals surface area (Å²) in [6.07, 6.45) is 0. The van der Waals surface area contributed by atoms with Gasteiger partial charge in [0.25, 0.3) is 0 Å². The predicted molar refractivity (Wildman–Crippen MR) is 67.1 cm³/mol. The average Bonchev–Trinajstić information content (AvgIpc) is 2.22. The lowest BCUT2D eigenvalue weighted by atomic mass is 10.0. The fourth-order valence-corrected chi connectivity index (χ4v) is 1.78. The van der Waals surface area contributed by atoms with Crippen LogP contribution in [0.2, 0.25) is 0 Å². The van der Waals surface area contributed by atoms with Crippen molar-refractivity contribution >= 4 is 22.2 Å². The molecule has 0 saturated heterocycles. The van der Waals surface area contributed by atoms with Crippen LogP contribution in [0.3, 0.4) is 0 Å². The zero-order valence-electron chi connectivity index (χ0n) is 9.41. The number of hydrogen-bond acceptors (Lipinski definition) is 1. The van der Waals surface area contributed by atoms with E-state index in [-0.39, 0.29) is 0 Å². The Kier molecular flexibility index (Phi) is 2.55. The van der Waals surface area contributed by atoms with E-state index in [9.17, 15) is 0 Å². The summed E-state index contributed by atoms with van der Waals surface area (Å²) >= 11 is 0. The highest BCUT2D eigenvalue weighted by atomic mass is 14.7. The Bertz CT molecular complexity index is 520. The summed E-state index contributed by atoms with van der Waals surface area (Å²) in [6, 6.07) is 12.6. The molecule has 1 heteroatoms. The van der Waals surface area contributed by atoms with E-state index in [2.05, 4.69) is 48.3 Å². The zero-order valence-corrected chi connectivity index (χ0v) is 9.41. The Balaban J connectivity index is 2.70. The van der Waals surface area contributed by atoms with E-state index in [0.29, 0.717) is 0 Å². The van der Waals surface area contributed by atoms with Crippen molar-refractivity contribution in [1.82, 2.24) is 0 Å². The van der Waals surface area contributed by atoms with Crippen LogP contribution in [0.1, 0.15) is 19.4 Å². The Morgan fingerprint density at radius 1 is 1.00 bits per heavy atom. The second-order valence-corrected chi connectivity index (χ2v) is 3.99. The van der Waals surface area contributed by atoms with Gasteiger partial charge in [-0.05, 0) is 43.2 Å². The Labute approximate surface area is 90.5 Å². The number of hydrogen-bond donors (Lipinski definition) is 0. The molecule has 0 aliphatic carbocycles. The third-order valence-electron chi connectivity index (χ3n) is 2.51. The van der Waals surface area contributed by atoms with E-state index < -0.39 is 0 Å². The molecule has 0 unspecified atom stereocenters. The number of benzene rings is 2. The summed E-state index contributed by atoms with van der Waals surface area (Å²) in [7, 11) is 0. The summed E-state index contributed by atoms with van der Waals surface area (Å²) in [5.41, 5.74) is 3.43. The zero-order chi connectivity index (χ0) is 10.8. The summed E-state index contributed by atoms with van der Waals surface area (Å²) in [5.74, 6) is 0. The third kappa shape index (κ3) is 1.91. The predicted octanol–water partition coefficient (Wildman–Crippen LogP) is 4.26. The fourth-order valence-electron chi connectivity index (χ4n) is 1.78. The van der Waals surface area contributed by atoms with Crippen molar-refractivity contribution in [2.45, 2.75) is 20.8 Å². The summed E-state index contributed by atoms with van der Waals surface area (Å²) in [5, 5.41) is 2.57. The van der Waals surface area contributed by atoms with Gasteiger partial charge in [-0.3, -0.25) is 4.99 Å². The molecule has 2 aromatic carbocycles. The second-order valence-electron chi connectivity index (χ2n) is 3.99. The molecule has 0 N–H and O–H groups in total. The smallest absolute Gasteiger partial charge is 0.0664 e. The van der Waals surface area contributed by atoms with Gasteiger partial charge in [-0.15, -0.1) is 0 Å². The molecule has 2 rings (SSSR count). The molecule has 0 saturated carbocycles. The van der Waals surface area contributed by atoms with Crippen molar-refractivity contribution in [2.24, 2.45) is 4.99 Å². The van der Waals surface area contributed by atoms with Crippen LogP contribution >= 0.6 is 0 Å². The Morgan fingerprint density at radius 3 is 2.47 bits per heavy atom. The van der Waals surface area contributed by atoms with E-state index in [0.717, 1.165) is 11.4 Å². The number of rotatable bonds is 1. The molecule has 0 spiro atoms. The molecular formula is C14H15N. The van der Waals surface area contributed by atoms with Gasteiger partial charge in [0, 0.05) is 5.71 Å². The van der Waals surface area contributed by atoms with E-state index in [1.54, 1.807) is 0 Å². The molecule has 15 heavy (non-hydrogen) atoms. The van der Waals surface area contributed by atoms with Gasteiger partial charge < -0.3 is 0 Å². The highest BCUT2D eigenvalue weighted by molar-refractivity contribution is 5.91. The lowest BCUT2D eigenvalue weighted by Crippen LogP contribution is -1.83. The first-order valence-corrected chi connectivity index (χ1v) is 5.19. The molecule has 0 atom stereocenters. The minimum absolute atomic E-state index is 1.08. The van der Waals surface area contributed by atoms with Crippen molar-refractivity contribution < 1.29 is 0 Å². The normalized spacial score (nSPS) is 10.3. The van der Waals surface area contributed by atoms with Gasteiger partial charge >= 0.3 is 0 Å². The topological polar surface area (TPSA) is 12.4 Å². The molecule has 0 aliphatic heterocycles. The van der Waals surface area contributed by atoms with E-state index >= 15 is 0 Å². The molecule has 1 nitrogen and oxygen atoms in total. The van der Waals surface area contributed by atoms with Crippen molar-refractivity contribution in [3.05, 3.63) is 42.0 Å². The second kappa shape index (κ2) is 3.85. The van der Waals surface area contributed by atoms with Gasteiger partial charge in [-0.25, -0.2) is 0 Å². The van der Waals surface area contributed by atoms with Crippen LogP contribution in [0.5, 0.6) is 0 Å². The first-order valence-electron chi connectivity index (χ1n) is 5.19. The van der Waals surface area contributed by atoms with Crippen molar-refractivity contribution in [3.8, 4) is 0 Å². The molecule has 0 aliphatic rings. The van der Waals surface area contributed by atoms with Gasteiger partial charge in [0.15, 0.2) is 0 Å². The average molecular weight is 197 g/mol. The van der Waals surface area contributed by atoms with Crippen molar-refractivity contribution in [2.75, 3.05) is 0 Å². The van der Waals surface area contributed by atoms with Crippen LogP contribution in [0.4, 0.5) is 5.69 Å². The highest BCUT2D eigenvalue weighted by Crippen LogP contribution is 2.27. The number of nitrogens with zero attached hydrogens (tertiary/aromatic N) is 1. The minimum Gasteiger partial charge on any atom is -0.258 e. The summed E-state index contributed by atoms with van der Waals surface area (Å²) < 4.78 is 0. The Hall–Kier alpha value is -1.63. The molecule has 0 aromatic heterocycles. The van der Waals surface area contributed by atoms with Gasteiger partial charge in [-0.1, -0.05) is 30.3 Å². The summed E-state index contributed by atoms with van der Waals surface area (Å²) in [4.78, 5) is 4.53. The molecule has 76 valence electrons. The first kappa shape index (κ1) is 9.91. The van der Waals surface area contributed by atoms with Crippen LogP contribution in [0, 0.1) is 6.92 Å². The standard InChI is InChI=1S/C14H15N/c1-10(2)15-14-9-8-12-6-4-5-7-13(12)11(14)3/h4-9H,1-3H3. The van der Waals surface area contributed by atoms with Crippen LogP contribution in [-0.2, 0) is 0 Å². The minimum atomic E-state index is 1.08.